The van der Waals surface area contributed by atoms with Gasteiger partial charge < -0.3 is 66.9 Å². The number of hydrogen-bond donors (Lipinski definition) is 2. The first-order valence-corrected chi connectivity index (χ1v) is 12.4. The summed E-state index contributed by atoms with van der Waals surface area (Å²) in [6.07, 6.45) is 0. The molecule has 14 nitrogen and oxygen atoms in total. The largest absolute Gasteiger partial charge is 2.00 e. The molecule has 0 aromatic carbocycles. The Morgan fingerprint density at radius 3 is 0.963 bits per heavy atom. The van der Waals surface area contributed by atoms with Crippen molar-refractivity contribution in [3.63, 3.8) is 0 Å². The molecule has 4 unspecified atom stereocenters. The third kappa shape index (κ3) is 19.8. The minimum absolute atomic E-state index is 0. The summed E-state index contributed by atoms with van der Waals surface area (Å²) < 4.78 is 48.2. The first kappa shape index (κ1) is 42.9. The first-order chi connectivity index (χ1) is 10.4. The molecule has 0 bridgehead atoms. The molecule has 148 valence electrons. The van der Waals surface area contributed by atoms with Gasteiger partial charge in [0.25, 0.3) is 0 Å². The van der Waals surface area contributed by atoms with Crippen molar-refractivity contribution in [3.8, 4) is 0 Å². The van der Waals surface area contributed by atoms with E-state index in [2.05, 4.69) is 9.05 Å². The molecule has 0 aliphatic heterocycles. The Hall–Kier alpha value is 5.81. The SMILES string of the molecule is O=P([O-])([O-])C(O)P(=O)([O-])OCCl.O=P([O-])([O-])C(O)P(=O)([O-])OCCl.[Ba+2].[Ba+2].[Ba+2]. The van der Waals surface area contributed by atoms with Crippen LogP contribution < -0.4 is 29.4 Å². The summed E-state index contributed by atoms with van der Waals surface area (Å²) in [5.74, 6) is 0. The number of rotatable bonds is 8. The molecular weight excluding hydrogens is 879 g/mol. The summed E-state index contributed by atoms with van der Waals surface area (Å²) in [6.45, 7) is 0. The van der Waals surface area contributed by atoms with E-state index < -0.39 is 53.7 Å². The second-order valence-electron chi connectivity index (χ2n) is 3.33. The Kier molecular flexibility index (Phi) is 30.3. The number of aliphatic hydroxyl groups is 2. The second-order valence-corrected chi connectivity index (χ2v) is 11.4. The standard InChI is InChI=1S/2C2H7ClO7P2.3Ba/c2*3-1-10-12(8,9)2(4)11(5,6)7;;;/h2*2,4H,1H2,(H,8,9)(H2,5,6,7);;;/q;;3*+2/p-6. The Morgan fingerprint density at radius 1 is 0.667 bits per heavy atom. The van der Waals surface area contributed by atoms with E-state index in [9.17, 15) is 47.6 Å². The molecule has 2 N–H and O–H groups in total. The fourth-order valence-corrected chi connectivity index (χ4v) is 5.14. The van der Waals surface area contributed by atoms with Crippen LogP contribution in [0.3, 0.4) is 0 Å². The van der Waals surface area contributed by atoms with E-state index in [4.69, 9.17) is 33.4 Å². The number of hydrogen-bond acceptors (Lipinski definition) is 14. The van der Waals surface area contributed by atoms with Gasteiger partial charge in [-0.1, -0.05) is 23.2 Å². The molecule has 27 heavy (non-hydrogen) atoms. The predicted molar refractivity (Wildman–Crippen MR) is 83.3 cm³/mol. The summed E-state index contributed by atoms with van der Waals surface area (Å²) in [7, 11) is -21.5. The molecule has 0 aliphatic rings. The van der Waals surface area contributed by atoms with E-state index in [1.54, 1.807) is 0 Å². The second kappa shape index (κ2) is 19.1. The molecule has 0 radical (unpaired) electrons. The van der Waals surface area contributed by atoms with E-state index in [1.807, 2.05) is 0 Å². The molecule has 0 heterocycles. The van der Waals surface area contributed by atoms with Gasteiger partial charge in [0.2, 0.25) is 0 Å². The quantitative estimate of drug-likeness (QED) is 0.131. The van der Waals surface area contributed by atoms with Gasteiger partial charge in [-0.2, -0.15) is 0 Å². The molecule has 0 fully saturated rings. The molecule has 0 saturated heterocycles. The van der Waals surface area contributed by atoms with Gasteiger partial charge in [-0.3, -0.25) is 0 Å². The Morgan fingerprint density at radius 2 is 0.852 bits per heavy atom. The third-order valence-corrected chi connectivity index (χ3v) is 8.75. The molecule has 0 rings (SSSR count). The minimum atomic E-state index is -5.61. The van der Waals surface area contributed by atoms with Crippen molar-refractivity contribution in [1.82, 2.24) is 0 Å². The van der Waals surface area contributed by atoms with Gasteiger partial charge in [0.15, 0.2) is 15.2 Å². The van der Waals surface area contributed by atoms with Crippen LogP contribution in [-0.2, 0) is 27.3 Å². The minimum Gasteiger partial charge on any atom is -0.809 e. The summed E-state index contributed by atoms with van der Waals surface area (Å²) in [4.78, 5) is 60.9. The zero-order valence-corrected chi connectivity index (χ0v) is 31.4. The van der Waals surface area contributed by atoms with Gasteiger partial charge in [0.1, 0.15) is 23.3 Å². The number of alkyl halides is 2. The zero-order valence-electron chi connectivity index (χ0n) is 13.0. The van der Waals surface area contributed by atoms with Gasteiger partial charge in [-0.15, -0.1) is 0 Å². The fraction of sp³-hybridized carbons (Fsp3) is 1.00. The topological polar surface area (TPSA) is 266 Å². The van der Waals surface area contributed by atoms with E-state index in [0.29, 0.717) is 0 Å². The summed E-state index contributed by atoms with van der Waals surface area (Å²) in [5, 5.41) is 16.8. The van der Waals surface area contributed by atoms with Gasteiger partial charge >= 0.3 is 147 Å². The Bertz CT molecular complexity index is 531. The molecule has 0 aromatic rings. The van der Waals surface area contributed by atoms with Crippen LogP contribution in [0.1, 0.15) is 0 Å². The number of halogens is 2. The van der Waals surface area contributed by atoms with Crippen molar-refractivity contribution >= 4 is 200 Å². The first-order valence-electron chi connectivity index (χ1n) is 4.85. The fourth-order valence-electron chi connectivity index (χ4n) is 0.616. The summed E-state index contributed by atoms with van der Waals surface area (Å²) >= 11 is 9.56. The van der Waals surface area contributed by atoms with Crippen molar-refractivity contribution < 1.29 is 66.9 Å². The van der Waals surface area contributed by atoms with Crippen molar-refractivity contribution in [2.24, 2.45) is 0 Å². The maximum atomic E-state index is 10.5. The molecule has 4 atom stereocenters. The molecule has 0 spiro atoms. The molecule has 0 aromatic heterocycles. The van der Waals surface area contributed by atoms with Crippen LogP contribution in [0.5, 0.6) is 0 Å². The van der Waals surface area contributed by atoms with Gasteiger partial charge in [0, 0.05) is 0 Å². The average molecular weight is 887 g/mol. The molecule has 0 saturated carbocycles. The van der Waals surface area contributed by atoms with Crippen LogP contribution in [0, 0.1) is 0 Å². The molecule has 23 heteroatoms. The van der Waals surface area contributed by atoms with Crippen LogP contribution >= 0.6 is 53.6 Å². The molecule has 0 amide bonds. The van der Waals surface area contributed by atoms with Crippen molar-refractivity contribution in [2.45, 2.75) is 11.2 Å². The van der Waals surface area contributed by atoms with Crippen LogP contribution in [-0.4, -0.2) is 180 Å². The predicted octanol–water partition coefficient (Wildman–Crippen LogP) is -5.26. The van der Waals surface area contributed by atoms with E-state index in [0.717, 1.165) is 0 Å². The van der Waals surface area contributed by atoms with Crippen molar-refractivity contribution in [3.05, 3.63) is 0 Å². The molecular formula is C4H8Ba3Cl2O14P4. The molecule has 0 aliphatic carbocycles. The van der Waals surface area contributed by atoms with Gasteiger partial charge in [-0.05, 0) is 15.2 Å². The van der Waals surface area contributed by atoms with Crippen molar-refractivity contribution in [2.75, 3.05) is 12.1 Å². The van der Waals surface area contributed by atoms with E-state index >= 15 is 0 Å². The van der Waals surface area contributed by atoms with Crippen molar-refractivity contribution in [1.29, 1.82) is 0 Å². The maximum Gasteiger partial charge on any atom is 2.00 e. The summed E-state index contributed by atoms with van der Waals surface area (Å²) in [6, 6.07) is -1.73. The van der Waals surface area contributed by atoms with Crippen LogP contribution in [0.25, 0.3) is 0 Å². The number of aliphatic hydroxyl groups excluding tert-OH is 2. The Balaban J connectivity index is -0.000000108. The maximum absolute atomic E-state index is 10.5. The van der Waals surface area contributed by atoms with E-state index in [-0.39, 0.29) is 147 Å². The zero-order chi connectivity index (χ0) is 20.0. The average Bonchev–Trinajstić information content (AvgIpc) is 2.35. The van der Waals surface area contributed by atoms with Crippen LogP contribution in [0.2, 0.25) is 0 Å². The smallest absolute Gasteiger partial charge is 0.809 e. The third-order valence-electron chi connectivity index (χ3n) is 1.59. The van der Waals surface area contributed by atoms with Crippen LogP contribution in [0.4, 0.5) is 0 Å². The monoisotopic (exact) mass is 888 g/mol. The summed E-state index contributed by atoms with van der Waals surface area (Å²) in [5.41, 5.74) is -6.16. The Labute approximate surface area is 284 Å². The normalized spacial score (nSPS) is 17.9. The van der Waals surface area contributed by atoms with Crippen LogP contribution in [0.15, 0.2) is 0 Å². The van der Waals surface area contributed by atoms with Gasteiger partial charge in [0.05, 0.1) is 0 Å². The van der Waals surface area contributed by atoms with E-state index in [1.165, 1.54) is 0 Å². The van der Waals surface area contributed by atoms with Gasteiger partial charge in [-0.25, -0.2) is 0 Å².